The lowest BCUT2D eigenvalue weighted by Gasteiger charge is -2.40. The van der Waals surface area contributed by atoms with Crippen LogP contribution in [0.15, 0.2) is 10.2 Å². The van der Waals surface area contributed by atoms with E-state index in [2.05, 4.69) is 10.2 Å². The molecule has 0 aromatic heterocycles. The third kappa shape index (κ3) is 2.11. The van der Waals surface area contributed by atoms with Gasteiger partial charge in [-0.3, -0.25) is 10.8 Å². The molecule has 2 saturated carbocycles. The first-order valence-corrected chi connectivity index (χ1v) is 6.53. The van der Waals surface area contributed by atoms with Gasteiger partial charge in [-0.25, -0.2) is 0 Å². The molecule has 0 spiro atoms. The summed E-state index contributed by atoms with van der Waals surface area (Å²) in [6, 6.07) is 0. The van der Waals surface area contributed by atoms with Crippen molar-refractivity contribution in [2.45, 2.75) is 38.5 Å². The molecule has 0 radical (unpaired) electrons. The van der Waals surface area contributed by atoms with Gasteiger partial charge < -0.3 is 11.5 Å². The summed E-state index contributed by atoms with van der Waals surface area (Å²) in [5.74, 6) is 0.468. The van der Waals surface area contributed by atoms with Crippen LogP contribution in [0.5, 0.6) is 0 Å². The first-order valence-electron chi connectivity index (χ1n) is 6.53. The highest BCUT2D eigenvalue weighted by atomic mass is 15.1. The SMILES string of the molecule is N=C(N)C1(CN=NCC2(C(=N)N)CCC2)CCC1. The summed E-state index contributed by atoms with van der Waals surface area (Å²) >= 11 is 0. The smallest absolute Gasteiger partial charge is 0.0988 e. The van der Waals surface area contributed by atoms with Crippen molar-refractivity contribution in [2.75, 3.05) is 13.1 Å². The topological polar surface area (TPSA) is 124 Å². The maximum absolute atomic E-state index is 7.60. The van der Waals surface area contributed by atoms with Gasteiger partial charge >= 0.3 is 0 Å². The molecule has 0 atom stereocenters. The van der Waals surface area contributed by atoms with E-state index in [1.807, 2.05) is 0 Å². The van der Waals surface area contributed by atoms with Crippen LogP contribution in [-0.2, 0) is 0 Å². The first-order chi connectivity index (χ1) is 8.51. The van der Waals surface area contributed by atoms with Crippen LogP contribution in [0.2, 0.25) is 0 Å². The highest BCUT2D eigenvalue weighted by Gasteiger charge is 2.41. The van der Waals surface area contributed by atoms with Gasteiger partial charge in [-0.1, -0.05) is 12.8 Å². The van der Waals surface area contributed by atoms with Gasteiger partial charge in [0.15, 0.2) is 0 Å². The van der Waals surface area contributed by atoms with Crippen molar-refractivity contribution < 1.29 is 0 Å². The van der Waals surface area contributed by atoms with Crippen LogP contribution in [0.25, 0.3) is 0 Å². The number of azo groups is 1. The normalized spacial score (nSPS) is 24.2. The summed E-state index contributed by atoms with van der Waals surface area (Å²) in [7, 11) is 0. The summed E-state index contributed by atoms with van der Waals surface area (Å²) in [6.07, 6.45) is 6.01. The van der Waals surface area contributed by atoms with Crippen LogP contribution in [0.3, 0.4) is 0 Å². The number of nitrogens with one attached hydrogen (secondary N) is 2. The van der Waals surface area contributed by atoms with Gasteiger partial charge in [-0.05, 0) is 25.7 Å². The molecule has 2 rings (SSSR count). The Kier molecular flexibility index (Phi) is 3.36. The largest absolute Gasteiger partial charge is 0.387 e. The number of nitrogens with two attached hydrogens (primary N) is 2. The summed E-state index contributed by atoms with van der Waals surface area (Å²) in [5.41, 5.74) is 10.8. The molecule has 2 aliphatic rings. The van der Waals surface area contributed by atoms with Gasteiger partial charge in [0, 0.05) is 10.8 Å². The Labute approximate surface area is 107 Å². The standard InChI is InChI=1S/C12H22N6/c13-9(14)11(3-1-4-11)7-17-18-8-12(10(15)16)5-2-6-12/h1-8H2,(H3,13,14)(H3,15,16). The Bertz CT molecular complexity index is 342. The lowest BCUT2D eigenvalue weighted by molar-refractivity contribution is 0.223. The molecule has 18 heavy (non-hydrogen) atoms. The van der Waals surface area contributed by atoms with Crippen LogP contribution in [-0.4, -0.2) is 24.8 Å². The molecule has 2 aliphatic carbocycles. The van der Waals surface area contributed by atoms with Crippen LogP contribution < -0.4 is 11.5 Å². The second-order valence-corrected chi connectivity index (χ2v) is 5.69. The minimum atomic E-state index is -0.230. The second-order valence-electron chi connectivity index (χ2n) is 5.69. The van der Waals surface area contributed by atoms with E-state index in [4.69, 9.17) is 22.3 Å². The van der Waals surface area contributed by atoms with E-state index < -0.39 is 0 Å². The zero-order valence-electron chi connectivity index (χ0n) is 10.7. The van der Waals surface area contributed by atoms with Crippen LogP contribution in [0, 0.1) is 21.6 Å². The van der Waals surface area contributed by atoms with E-state index in [-0.39, 0.29) is 22.5 Å². The fourth-order valence-corrected chi connectivity index (χ4v) is 2.60. The number of hydrogen-bond donors (Lipinski definition) is 4. The van der Waals surface area contributed by atoms with Crippen LogP contribution >= 0.6 is 0 Å². The third-order valence-electron chi connectivity index (χ3n) is 4.61. The molecule has 0 heterocycles. The number of rotatable bonds is 6. The van der Waals surface area contributed by atoms with E-state index >= 15 is 0 Å². The Morgan fingerprint density at radius 3 is 1.33 bits per heavy atom. The maximum Gasteiger partial charge on any atom is 0.0988 e. The Morgan fingerprint density at radius 2 is 1.17 bits per heavy atom. The third-order valence-corrected chi connectivity index (χ3v) is 4.61. The molecular weight excluding hydrogens is 228 g/mol. The van der Waals surface area contributed by atoms with Gasteiger partial charge in [-0.15, -0.1) is 0 Å². The van der Waals surface area contributed by atoms with Crippen molar-refractivity contribution in [2.24, 2.45) is 32.5 Å². The summed E-state index contributed by atoms with van der Waals surface area (Å²) in [4.78, 5) is 0. The molecule has 0 aromatic carbocycles. The van der Waals surface area contributed by atoms with Crippen molar-refractivity contribution in [1.29, 1.82) is 10.8 Å². The fourth-order valence-electron chi connectivity index (χ4n) is 2.60. The van der Waals surface area contributed by atoms with E-state index in [1.54, 1.807) is 0 Å². The lowest BCUT2D eigenvalue weighted by Crippen LogP contribution is -2.45. The Morgan fingerprint density at radius 1 is 0.833 bits per heavy atom. The van der Waals surface area contributed by atoms with Crippen molar-refractivity contribution >= 4 is 11.7 Å². The average Bonchev–Trinajstić information content (AvgIpc) is 2.17. The first kappa shape index (κ1) is 13.0. The van der Waals surface area contributed by atoms with Gasteiger partial charge in [0.1, 0.15) is 0 Å². The van der Waals surface area contributed by atoms with Gasteiger partial charge in [0.05, 0.1) is 24.8 Å². The van der Waals surface area contributed by atoms with Crippen LogP contribution in [0.1, 0.15) is 38.5 Å². The summed E-state index contributed by atoms with van der Waals surface area (Å²) < 4.78 is 0. The highest BCUT2D eigenvalue weighted by Crippen LogP contribution is 2.42. The molecule has 100 valence electrons. The van der Waals surface area contributed by atoms with Crippen molar-refractivity contribution in [1.82, 2.24) is 0 Å². The average molecular weight is 250 g/mol. The monoisotopic (exact) mass is 250 g/mol. The number of amidine groups is 2. The van der Waals surface area contributed by atoms with Crippen molar-refractivity contribution in [3.8, 4) is 0 Å². The molecule has 0 amide bonds. The van der Waals surface area contributed by atoms with Gasteiger partial charge in [0.2, 0.25) is 0 Å². The molecule has 0 bridgehead atoms. The molecule has 0 aliphatic heterocycles. The van der Waals surface area contributed by atoms with E-state index in [9.17, 15) is 0 Å². The highest BCUT2D eigenvalue weighted by molar-refractivity contribution is 5.85. The van der Waals surface area contributed by atoms with Gasteiger partial charge in [0.25, 0.3) is 0 Å². The molecule has 0 saturated heterocycles. The number of nitrogens with zero attached hydrogens (tertiary/aromatic N) is 2. The van der Waals surface area contributed by atoms with E-state index in [0.29, 0.717) is 13.1 Å². The van der Waals surface area contributed by atoms with Crippen molar-refractivity contribution in [3.05, 3.63) is 0 Å². The van der Waals surface area contributed by atoms with Gasteiger partial charge in [-0.2, -0.15) is 10.2 Å². The van der Waals surface area contributed by atoms with Crippen LogP contribution in [0.4, 0.5) is 0 Å². The molecule has 6 heteroatoms. The molecule has 6 N–H and O–H groups in total. The minimum Gasteiger partial charge on any atom is -0.387 e. The molecule has 0 aromatic rings. The lowest BCUT2D eigenvalue weighted by atomic mass is 9.68. The van der Waals surface area contributed by atoms with E-state index in [1.165, 1.54) is 0 Å². The van der Waals surface area contributed by atoms with Crippen molar-refractivity contribution in [3.63, 3.8) is 0 Å². The zero-order valence-corrected chi connectivity index (χ0v) is 10.7. The molecular formula is C12H22N6. The fraction of sp³-hybridized carbons (Fsp3) is 0.833. The Hall–Kier alpha value is -1.46. The maximum atomic E-state index is 7.60. The summed E-state index contributed by atoms with van der Waals surface area (Å²) in [6.45, 7) is 1.02. The Balaban J connectivity index is 1.85. The summed E-state index contributed by atoms with van der Waals surface area (Å²) in [5, 5.41) is 23.6. The minimum absolute atomic E-state index is 0.230. The molecule has 0 unspecified atom stereocenters. The zero-order chi connectivity index (χ0) is 13.2. The second kappa shape index (κ2) is 4.66. The predicted octanol–water partition coefficient (Wildman–Crippen LogP) is 1.65. The molecule has 6 nitrogen and oxygen atoms in total. The van der Waals surface area contributed by atoms with E-state index in [0.717, 1.165) is 38.5 Å². The number of hydrogen-bond acceptors (Lipinski definition) is 4. The quantitative estimate of drug-likeness (QED) is 0.325. The predicted molar refractivity (Wildman–Crippen MR) is 71.0 cm³/mol. The molecule has 2 fully saturated rings.